The second-order valence-electron chi connectivity index (χ2n) is 34.0. The van der Waals surface area contributed by atoms with Crippen molar-refractivity contribution in [3.05, 3.63) is 98.0 Å². The van der Waals surface area contributed by atoms with Crippen LogP contribution in [0.4, 0.5) is 16.4 Å². The summed E-state index contributed by atoms with van der Waals surface area (Å²) < 4.78 is 16.8. The van der Waals surface area contributed by atoms with Crippen LogP contribution in [0.5, 0.6) is 5.75 Å². The highest BCUT2D eigenvalue weighted by atomic mass is 33.1. The third-order valence-corrected chi connectivity index (χ3v) is 26.2. The average Bonchev–Trinajstić information content (AvgIpc) is 1.18. The van der Waals surface area contributed by atoms with Gasteiger partial charge in [0.2, 0.25) is 29.6 Å². The van der Waals surface area contributed by atoms with Crippen molar-refractivity contribution in [2.24, 2.45) is 47.2 Å². The molecule has 5 aromatic rings. The predicted molar refractivity (Wildman–Crippen MR) is 502 cm³/mol. The molecule has 756 valence electrons. The van der Waals surface area contributed by atoms with E-state index in [1.165, 1.54) is 66.7 Å². The van der Waals surface area contributed by atoms with Crippen LogP contribution in [0.25, 0.3) is 11.2 Å². The van der Waals surface area contributed by atoms with Crippen LogP contribution in [0.3, 0.4) is 0 Å². The molecule has 0 radical (unpaired) electrons. The molecule has 1 aliphatic rings. The number of nitrogen functional groups attached to an aromatic ring is 1. The molecule has 4 heterocycles. The van der Waals surface area contributed by atoms with Crippen LogP contribution in [0.1, 0.15) is 214 Å². The van der Waals surface area contributed by atoms with Gasteiger partial charge in [-0.1, -0.05) is 88.1 Å². The highest BCUT2D eigenvalue weighted by molar-refractivity contribution is 8.76. The molecule has 6 rings (SSSR count). The largest absolute Gasteiger partial charge is 0.508 e. The number of aromatic hydroxyl groups is 1. The number of ether oxygens (including phenoxy) is 3. The van der Waals surface area contributed by atoms with E-state index in [4.69, 9.17) is 31.1 Å². The van der Waals surface area contributed by atoms with Gasteiger partial charge in [0.15, 0.2) is 47.3 Å². The highest BCUT2D eigenvalue weighted by Gasteiger charge is 2.42. The summed E-state index contributed by atoms with van der Waals surface area (Å²) >= 11 is 1.00. The number of esters is 2. The van der Waals surface area contributed by atoms with Crippen LogP contribution in [0, 0.1) is 46.8 Å². The summed E-state index contributed by atoms with van der Waals surface area (Å²) in [5.41, 5.74) is 16.1. The predicted octanol–water partition coefficient (Wildman–Crippen LogP) is 4.75. The number of aromatic amines is 1. The van der Waals surface area contributed by atoms with E-state index in [9.17, 15) is 117 Å². The number of amides is 7. The van der Waals surface area contributed by atoms with Gasteiger partial charge in [0.05, 0.1) is 79.7 Å². The minimum atomic E-state index is -2.02. The average molecular weight is 1990 g/mol. The number of hydrazine groups is 1. The lowest BCUT2D eigenvalue weighted by molar-refractivity contribution is -0.162. The number of hydrogen-bond donors (Lipinski definition) is 19. The standard InChI is InChI=1S/C89H124N18O28S3/c1-9-14-74(120)134-45-107(84(127)60(47(5)10-2)38-69(113)65-16-11-12-28-106(65)8)66(46(3)4)40-70(135-49(7)108)83-101-64(44-136-83)81(125)97-56(32-50-17-23-58(109)24-18-50)31-48(6)77(121)104-105-89(132)133-29-30-137-138-43-54(85(128)129)35-68(112)63(39-73(118)119)100-80(124)53(37-72(116)117)34-67(111)61(15-13-27-93-87(90)91)98-79(123)52(36-71(114)115)33-59(110)25-26-62(86(130)131)99-78(122)51-19-21-55(22-20-51)94-41-57-42-95-76-75(96-57)82(126)103-88(92)102-76/h17-24,42,44,46-48,52-54,56,59-63,65-66,70,94,109-110H,9-16,25-41,43,45H2,1-8H3,(H,97,125)(H,98,123)(H,99,122)(H,100,124)(H,104,121)(H,105,132)(H,114,115)(H,116,117)(H,118,119)(H,128,129)(H,130,131)(H4,90,91,93)(H3,92,95,102,103,126)/t47?,48-,52-,53-,54+,56+,59-,60-,61-,62-,63+,65+,66+,70+/m0/s1. The molecular formula is C89H124N18O28S3. The van der Waals surface area contributed by atoms with Crippen LogP contribution in [-0.4, -0.2) is 264 Å². The van der Waals surface area contributed by atoms with Gasteiger partial charge in [-0.25, -0.2) is 30.0 Å². The van der Waals surface area contributed by atoms with Gasteiger partial charge in [0, 0.05) is 97.6 Å². The molecule has 3 aromatic heterocycles. The Bertz CT molecular complexity index is 5130. The lowest BCUT2D eigenvalue weighted by Gasteiger charge is -2.39. The van der Waals surface area contributed by atoms with Gasteiger partial charge in [-0.2, -0.15) is 4.98 Å². The number of fused-ring (bicyclic) bond motifs is 1. The number of guanidine groups is 1. The van der Waals surface area contributed by atoms with Gasteiger partial charge >= 0.3 is 47.9 Å². The SMILES string of the molecule is CCCC(=O)OCN(C(=O)[C@@H](CC(=O)[C@H]1CCCCN1C)C(C)CC)[C@H](C[C@@H](OC(C)=O)c1nc(C(=O)N[C@@H](Cc2ccc(O)cc2)C[C@H](C)C(=O)NNC(=O)OCCSSC[C@@H](CC(=O)[C@@H](CC(=O)O)NC(=O)[C@H](CC(=O)O)CC(=O)[C@H](CCCNC(=N)N)NC(=O)[C@H](CC(=O)O)C[C@@H](O)CC[C@H](NC(=O)c2ccc(NCc3cnc4nc(N)[nH]c(=O)c4n3)cc2)C(=O)O)C(=O)O)cs1)C(C)C. The number of H-pyrrole nitrogens is 1. The van der Waals surface area contributed by atoms with Gasteiger partial charge in [0.1, 0.15) is 29.1 Å². The number of anilines is 2. The quantitative estimate of drug-likeness (QED) is 0.00365. The topological polar surface area (TPSA) is 723 Å². The number of Topliss-reactive ketones (excluding diaryl/α,β-unsaturated/α-hetero) is 3. The Morgan fingerprint density at radius 3 is 2.00 bits per heavy atom. The Morgan fingerprint density at radius 1 is 0.710 bits per heavy atom. The molecule has 7 amide bonds. The van der Waals surface area contributed by atoms with E-state index in [1.54, 1.807) is 19.1 Å². The minimum absolute atomic E-state index is 0.00814. The summed E-state index contributed by atoms with van der Waals surface area (Å²) in [6, 6.07) is 4.48. The number of piperidine rings is 1. The maximum atomic E-state index is 15.1. The van der Waals surface area contributed by atoms with E-state index in [1.807, 2.05) is 39.6 Å². The lowest BCUT2D eigenvalue weighted by Crippen LogP contribution is -2.50. The molecule has 0 aliphatic carbocycles. The van der Waals surface area contributed by atoms with Crippen molar-refractivity contribution >= 4 is 162 Å². The number of phenols is 1. The van der Waals surface area contributed by atoms with E-state index in [-0.39, 0.29) is 139 Å². The first-order chi connectivity index (χ1) is 65.3. The number of carbonyl (C=O) groups excluding carboxylic acids is 12. The molecular weight excluding hydrogens is 1870 g/mol. The van der Waals surface area contributed by atoms with Crippen LogP contribution >= 0.6 is 32.9 Å². The Labute approximate surface area is 806 Å². The molecule has 0 saturated carbocycles. The molecule has 21 N–H and O–H groups in total. The van der Waals surface area contributed by atoms with E-state index in [0.717, 1.165) is 52.3 Å². The molecule has 1 unspecified atom stereocenters. The summed E-state index contributed by atoms with van der Waals surface area (Å²) in [5, 5.41) is 95.7. The van der Waals surface area contributed by atoms with E-state index < -0.39 is 237 Å². The maximum Gasteiger partial charge on any atom is 0.426 e. The fourth-order valence-corrected chi connectivity index (χ4v) is 18.1. The number of aliphatic hydroxyl groups is 1. The molecule has 0 bridgehead atoms. The van der Waals surface area contributed by atoms with Crippen molar-refractivity contribution in [3.8, 4) is 5.75 Å². The number of nitrogens with one attached hydrogen (secondary N) is 10. The first-order valence-electron chi connectivity index (χ1n) is 44.9. The van der Waals surface area contributed by atoms with Gasteiger partial charge in [0.25, 0.3) is 17.4 Å². The van der Waals surface area contributed by atoms with Gasteiger partial charge in [-0.05, 0) is 132 Å². The summed E-state index contributed by atoms with van der Waals surface area (Å²) in [6.07, 6.45) is -6.26. The second kappa shape index (κ2) is 57.2. The van der Waals surface area contributed by atoms with Crippen LogP contribution in [-0.2, 0) is 94.3 Å². The number of ketones is 3. The van der Waals surface area contributed by atoms with Crippen LogP contribution in [0.15, 0.2) is 64.9 Å². The molecule has 46 nitrogen and oxygen atoms in total. The zero-order valence-electron chi connectivity index (χ0n) is 77.8. The van der Waals surface area contributed by atoms with E-state index in [0.29, 0.717) is 36.2 Å². The fourth-order valence-electron chi connectivity index (χ4n) is 15.1. The molecule has 1 fully saturated rings. The molecule has 2 aromatic carbocycles. The second-order valence-corrected chi connectivity index (χ2v) is 37.5. The molecule has 1 aliphatic heterocycles. The monoisotopic (exact) mass is 1990 g/mol. The van der Waals surface area contributed by atoms with Gasteiger partial charge in [-0.3, -0.25) is 97.4 Å². The maximum absolute atomic E-state index is 15.1. The van der Waals surface area contributed by atoms with Gasteiger partial charge in [-0.15, -0.1) is 11.3 Å². The minimum Gasteiger partial charge on any atom is -0.508 e. The van der Waals surface area contributed by atoms with Crippen molar-refractivity contribution in [2.45, 2.75) is 232 Å². The van der Waals surface area contributed by atoms with Crippen molar-refractivity contribution in [2.75, 3.05) is 56.0 Å². The van der Waals surface area contributed by atoms with Crippen LogP contribution < -0.4 is 59.8 Å². The Balaban J connectivity index is 1.02. The number of aromatic nitrogens is 5. The molecule has 1 saturated heterocycles. The summed E-state index contributed by atoms with van der Waals surface area (Å²) in [5.74, 6) is -25.3. The number of aliphatic carboxylic acids is 5. The number of nitrogens with two attached hydrogens (primary N) is 2. The van der Waals surface area contributed by atoms with Crippen molar-refractivity contribution < 1.29 is 131 Å². The number of rotatable bonds is 61. The molecule has 49 heteroatoms. The number of hydrogen-bond acceptors (Lipinski definition) is 34. The molecule has 14 atom stereocenters. The summed E-state index contributed by atoms with van der Waals surface area (Å²) in [7, 11) is 3.74. The van der Waals surface area contributed by atoms with Gasteiger partial charge < -0.3 is 98.2 Å². The van der Waals surface area contributed by atoms with Crippen LogP contribution in [0.2, 0.25) is 0 Å². The molecule has 138 heavy (non-hydrogen) atoms. The number of carbonyl (C=O) groups is 17. The normalized spacial score (nSPS) is 15.4. The van der Waals surface area contributed by atoms with E-state index >= 15 is 4.79 Å². The number of likely N-dealkylation sites (tertiary alicyclic amines) is 1. The highest BCUT2D eigenvalue weighted by Crippen LogP contribution is 2.35. The number of phenolic OH excluding ortho intramolecular Hbond substituents is 1. The number of carboxylic acid groups (broad SMARTS) is 5. The first-order valence-corrected chi connectivity index (χ1v) is 48.3. The van der Waals surface area contributed by atoms with Crippen molar-refractivity contribution in [3.63, 3.8) is 0 Å². The fraction of sp³-hybridized carbons (Fsp3) is 0.562. The Morgan fingerprint density at radius 2 is 1.37 bits per heavy atom. The lowest BCUT2D eigenvalue weighted by atomic mass is 9.82. The van der Waals surface area contributed by atoms with Crippen molar-refractivity contribution in [1.82, 2.24) is 72.2 Å². The zero-order valence-corrected chi connectivity index (χ0v) is 80.2. The smallest absolute Gasteiger partial charge is 0.426 e. The number of nitrogens with zero attached hydrogens (tertiary/aromatic N) is 6. The third-order valence-electron chi connectivity index (χ3n) is 22.8. The zero-order chi connectivity index (χ0) is 102. The van der Waals surface area contributed by atoms with E-state index in [2.05, 4.69) is 67.7 Å². The Hall–Kier alpha value is -13.0. The summed E-state index contributed by atoms with van der Waals surface area (Å²) in [6.45, 7) is 11.9. The van der Waals surface area contributed by atoms with Crippen molar-refractivity contribution in [1.29, 1.82) is 5.41 Å². The first kappa shape index (κ1) is 114. The summed E-state index contributed by atoms with van der Waals surface area (Å²) in [4.78, 5) is 262. The number of thiazole rings is 1. The number of likely N-dealkylation sites (N-methyl/N-ethyl adjacent to an activating group) is 1. The number of carboxylic acids is 5. The molecule has 0 spiro atoms. The third kappa shape index (κ3) is 38.9. The Kier molecular flexibility index (Phi) is 47.2. The number of benzene rings is 2. The number of aliphatic hydroxyl groups excluding tert-OH is 1.